The third-order valence-corrected chi connectivity index (χ3v) is 3.47. The highest BCUT2D eigenvalue weighted by Gasteiger charge is 2.18. The minimum absolute atomic E-state index is 0. The fourth-order valence-corrected chi connectivity index (χ4v) is 2.38. The Morgan fingerprint density at radius 1 is 1.41 bits per heavy atom. The van der Waals surface area contributed by atoms with Crippen LogP contribution in [0.4, 0.5) is 11.4 Å². The van der Waals surface area contributed by atoms with Crippen LogP contribution in [0.2, 0.25) is 5.02 Å². The summed E-state index contributed by atoms with van der Waals surface area (Å²) < 4.78 is 0. The number of rotatable bonds is 4. The van der Waals surface area contributed by atoms with Gasteiger partial charge in [0.1, 0.15) is 5.69 Å². The number of nitro benzene ring substituents is 1. The molecule has 1 aliphatic rings. The molecule has 1 amide bonds. The van der Waals surface area contributed by atoms with Crippen LogP contribution in [-0.4, -0.2) is 48.5 Å². The normalized spacial score (nSPS) is 15.5. The lowest BCUT2D eigenvalue weighted by Crippen LogP contribution is -2.35. The lowest BCUT2D eigenvalue weighted by molar-refractivity contribution is -0.383. The molecule has 0 bridgehead atoms. The number of nitrogens with zero attached hydrogens (tertiary/aromatic N) is 2. The second kappa shape index (κ2) is 8.89. The molecule has 0 aromatic heterocycles. The van der Waals surface area contributed by atoms with Crippen molar-refractivity contribution in [1.82, 2.24) is 10.2 Å². The van der Waals surface area contributed by atoms with E-state index >= 15 is 0 Å². The molecule has 122 valence electrons. The third-order valence-electron chi connectivity index (χ3n) is 3.23. The van der Waals surface area contributed by atoms with Gasteiger partial charge in [-0.3, -0.25) is 19.8 Å². The molecule has 1 heterocycles. The first-order chi connectivity index (χ1) is 10.1. The zero-order chi connectivity index (χ0) is 15.2. The second-order valence-electron chi connectivity index (χ2n) is 4.85. The largest absolute Gasteiger partial charge is 0.319 e. The molecule has 2 N–H and O–H groups in total. The van der Waals surface area contributed by atoms with Crippen molar-refractivity contribution < 1.29 is 9.72 Å². The molecule has 1 aromatic carbocycles. The number of anilines is 1. The van der Waals surface area contributed by atoms with E-state index in [9.17, 15) is 14.9 Å². The van der Waals surface area contributed by atoms with E-state index in [0.717, 1.165) is 32.6 Å². The summed E-state index contributed by atoms with van der Waals surface area (Å²) in [4.78, 5) is 24.5. The monoisotopic (exact) mass is 348 g/mol. The van der Waals surface area contributed by atoms with Gasteiger partial charge in [0.05, 0.1) is 11.5 Å². The number of amides is 1. The second-order valence-corrected chi connectivity index (χ2v) is 5.28. The molecule has 1 aliphatic heterocycles. The van der Waals surface area contributed by atoms with Crippen molar-refractivity contribution in [2.75, 3.05) is 38.0 Å². The van der Waals surface area contributed by atoms with E-state index in [-0.39, 0.29) is 41.3 Å². The molecule has 2 rings (SSSR count). The van der Waals surface area contributed by atoms with Crippen molar-refractivity contribution >= 4 is 41.3 Å². The minimum atomic E-state index is -0.558. The lowest BCUT2D eigenvalue weighted by atomic mass is 10.2. The van der Waals surface area contributed by atoms with Crippen LogP contribution in [0.3, 0.4) is 0 Å². The van der Waals surface area contributed by atoms with Crippen LogP contribution in [-0.2, 0) is 4.79 Å². The summed E-state index contributed by atoms with van der Waals surface area (Å²) in [5.74, 6) is -0.262. The highest BCUT2D eigenvalue weighted by Crippen LogP contribution is 2.27. The topological polar surface area (TPSA) is 87.5 Å². The average Bonchev–Trinajstić information content (AvgIpc) is 2.69. The molecule has 0 radical (unpaired) electrons. The predicted molar refractivity (Wildman–Crippen MR) is 87.9 cm³/mol. The molecule has 1 fully saturated rings. The van der Waals surface area contributed by atoms with Crippen LogP contribution in [0, 0.1) is 10.1 Å². The van der Waals surface area contributed by atoms with Crippen LogP contribution in [0.5, 0.6) is 0 Å². The highest BCUT2D eigenvalue weighted by molar-refractivity contribution is 6.31. The van der Waals surface area contributed by atoms with Gasteiger partial charge in [0.25, 0.3) is 5.69 Å². The number of nitrogens with one attached hydrogen (secondary N) is 2. The average molecular weight is 349 g/mol. The number of hydrogen-bond donors (Lipinski definition) is 2. The zero-order valence-electron chi connectivity index (χ0n) is 11.9. The van der Waals surface area contributed by atoms with Crippen molar-refractivity contribution in [1.29, 1.82) is 0 Å². The van der Waals surface area contributed by atoms with Crippen molar-refractivity contribution in [3.63, 3.8) is 0 Å². The molecule has 9 heteroatoms. The number of halogens is 2. The number of carbonyl (C=O) groups excluding carboxylic acids is 1. The van der Waals surface area contributed by atoms with Gasteiger partial charge in [0, 0.05) is 24.2 Å². The Labute approximate surface area is 139 Å². The van der Waals surface area contributed by atoms with Gasteiger partial charge >= 0.3 is 0 Å². The summed E-state index contributed by atoms with van der Waals surface area (Å²) in [6.45, 7) is 3.63. The van der Waals surface area contributed by atoms with E-state index in [1.165, 1.54) is 18.2 Å². The summed E-state index contributed by atoms with van der Waals surface area (Å²) in [6.07, 6.45) is 0.981. The van der Waals surface area contributed by atoms with Gasteiger partial charge in [-0.1, -0.05) is 11.6 Å². The molecule has 0 aliphatic carbocycles. The van der Waals surface area contributed by atoms with Crippen LogP contribution in [0.15, 0.2) is 18.2 Å². The van der Waals surface area contributed by atoms with Crippen LogP contribution >= 0.6 is 24.0 Å². The number of hydrogen-bond acceptors (Lipinski definition) is 5. The van der Waals surface area contributed by atoms with E-state index in [1.807, 2.05) is 4.90 Å². The van der Waals surface area contributed by atoms with Crippen molar-refractivity contribution in [3.05, 3.63) is 33.3 Å². The van der Waals surface area contributed by atoms with E-state index in [2.05, 4.69) is 10.6 Å². The van der Waals surface area contributed by atoms with Crippen molar-refractivity contribution in [3.8, 4) is 0 Å². The van der Waals surface area contributed by atoms with Gasteiger partial charge in [-0.05, 0) is 31.6 Å². The summed E-state index contributed by atoms with van der Waals surface area (Å²) in [7, 11) is 0. The molecule has 22 heavy (non-hydrogen) atoms. The van der Waals surface area contributed by atoms with E-state index in [4.69, 9.17) is 11.6 Å². The molecule has 7 nitrogen and oxygen atoms in total. The summed E-state index contributed by atoms with van der Waals surface area (Å²) in [6, 6.07) is 4.19. The predicted octanol–water partition coefficient (Wildman–Crippen LogP) is 1.90. The van der Waals surface area contributed by atoms with Gasteiger partial charge in [-0.2, -0.15) is 0 Å². The first-order valence-electron chi connectivity index (χ1n) is 6.73. The maximum Gasteiger partial charge on any atom is 0.294 e. The van der Waals surface area contributed by atoms with E-state index < -0.39 is 4.92 Å². The van der Waals surface area contributed by atoms with Crippen LogP contribution < -0.4 is 10.6 Å². The Bertz CT molecular complexity index is 534. The van der Waals surface area contributed by atoms with Crippen LogP contribution in [0.1, 0.15) is 6.42 Å². The van der Waals surface area contributed by atoms with E-state index in [0.29, 0.717) is 0 Å². The first-order valence-corrected chi connectivity index (χ1v) is 7.11. The number of nitro groups is 1. The summed E-state index contributed by atoms with van der Waals surface area (Å²) >= 11 is 5.74. The van der Waals surface area contributed by atoms with E-state index in [1.54, 1.807) is 0 Å². The smallest absolute Gasteiger partial charge is 0.294 e. The summed E-state index contributed by atoms with van der Waals surface area (Å²) in [5, 5.41) is 17.1. The Morgan fingerprint density at radius 2 is 2.18 bits per heavy atom. The minimum Gasteiger partial charge on any atom is -0.319 e. The molecular weight excluding hydrogens is 331 g/mol. The molecule has 0 unspecified atom stereocenters. The lowest BCUT2D eigenvalue weighted by Gasteiger charge is -2.18. The number of carbonyl (C=O) groups is 1. The fraction of sp³-hybridized carbons (Fsp3) is 0.462. The Balaban J connectivity index is 0.00000242. The van der Waals surface area contributed by atoms with Gasteiger partial charge in [-0.15, -0.1) is 12.4 Å². The Kier molecular flexibility index (Phi) is 7.53. The van der Waals surface area contributed by atoms with Gasteiger partial charge in [0.2, 0.25) is 5.91 Å². The van der Waals surface area contributed by atoms with Gasteiger partial charge in [0.15, 0.2) is 0 Å². The standard InChI is InChI=1S/C13H17ClN4O3.ClH/c14-10-2-3-11(12(8-10)18(20)21)16-13(19)9-17-6-1-4-15-5-7-17;/h2-3,8,15H,1,4-7,9H2,(H,16,19);1H. The Hall–Kier alpha value is -1.41. The SMILES string of the molecule is Cl.O=C(CN1CCCNCC1)Nc1ccc(Cl)cc1[N+](=O)[O-]. The van der Waals surface area contributed by atoms with Gasteiger partial charge < -0.3 is 10.6 Å². The van der Waals surface area contributed by atoms with Crippen molar-refractivity contribution in [2.24, 2.45) is 0 Å². The maximum atomic E-state index is 12.0. The Morgan fingerprint density at radius 3 is 2.91 bits per heavy atom. The molecule has 0 saturated carbocycles. The first kappa shape index (κ1) is 18.6. The molecule has 1 aromatic rings. The maximum absolute atomic E-state index is 12.0. The molecule has 1 saturated heterocycles. The number of benzene rings is 1. The quantitative estimate of drug-likeness (QED) is 0.640. The highest BCUT2D eigenvalue weighted by atomic mass is 35.5. The van der Waals surface area contributed by atoms with Crippen molar-refractivity contribution in [2.45, 2.75) is 6.42 Å². The molecule has 0 atom stereocenters. The summed E-state index contributed by atoms with van der Waals surface area (Å²) in [5.41, 5.74) is -0.0317. The van der Waals surface area contributed by atoms with Gasteiger partial charge in [-0.25, -0.2) is 0 Å². The molecule has 0 spiro atoms. The zero-order valence-corrected chi connectivity index (χ0v) is 13.5. The van der Waals surface area contributed by atoms with Crippen LogP contribution in [0.25, 0.3) is 0 Å². The molecular formula is C13H18Cl2N4O3. The fourth-order valence-electron chi connectivity index (χ4n) is 2.21. The third kappa shape index (κ3) is 5.42.